The molecule has 1 aliphatic carbocycles. The maximum Gasteiger partial charge on any atom is 0.219 e. The van der Waals surface area contributed by atoms with E-state index in [4.69, 9.17) is 5.73 Å². The number of piperidine rings is 1. The summed E-state index contributed by atoms with van der Waals surface area (Å²) in [6.45, 7) is 3.35. The third-order valence-electron chi connectivity index (χ3n) is 4.66. The van der Waals surface area contributed by atoms with Crippen molar-refractivity contribution >= 4 is 5.91 Å². The van der Waals surface area contributed by atoms with Crippen molar-refractivity contribution < 1.29 is 4.79 Å². The Balaban J connectivity index is 1.91. The van der Waals surface area contributed by atoms with Gasteiger partial charge in [-0.3, -0.25) is 4.79 Å². The topological polar surface area (TPSA) is 46.3 Å². The van der Waals surface area contributed by atoms with Gasteiger partial charge in [-0.25, -0.2) is 0 Å². The summed E-state index contributed by atoms with van der Waals surface area (Å²) >= 11 is 0. The summed E-state index contributed by atoms with van der Waals surface area (Å²) in [5.41, 5.74) is 6.30. The number of amides is 1. The molecule has 17 heavy (non-hydrogen) atoms. The first kappa shape index (κ1) is 12.9. The number of likely N-dealkylation sites (tertiary alicyclic amines) is 1. The van der Waals surface area contributed by atoms with Crippen molar-refractivity contribution in [3.63, 3.8) is 0 Å². The van der Waals surface area contributed by atoms with E-state index in [-0.39, 0.29) is 11.9 Å². The van der Waals surface area contributed by atoms with Crippen LogP contribution in [-0.4, -0.2) is 29.9 Å². The smallest absolute Gasteiger partial charge is 0.219 e. The number of carbonyl (C=O) groups is 1. The molecule has 1 saturated carbocycles. The molecule has 1 heterocycles. The minimum atomic E-state index is 0.180. The minimum absolute atomic E-state index is 0.180. The van der Waals surface area contributed by atoms with Crippen molar-refractivity contribution in [2.45, 2.75) is 57.9 Å². The zero-order chi connectivity index (χ0) is 12.3. The number of hydrogen-bond donors (Lipinski definition) is 1. The largest absolute Gasteiger partial charge is 0.341 e. The van der Waals surface area contributed by atoms with Crippen LogP contribution in [0.1, 0.15) is 51.9 Å². The van der Waals surface area contributed by atoms with E-state index in [0.29, 0.717) is 5.92 Å². The molecular formula is C14H26N2O. The van der Waals surface area contributed by atoms with E-state index in [1.165, 1.54) is 38.5 Å². The van der Waals surface area contributed by atoms with Crippen molar-refractivity contribution in [1.82, 2.24) is 4.90 Å². The second-order valence-corrected chi connectivity index (χ2v) is 5.83. The molecule has 3 nitrogen and oxygen atoms in total. The predicted octanol–water partition coefficient (Wildman–Crippen LogP) is 2.15. The third kappa shape index (κ3) is 3.21. The third-order valence-corrected chi connectivity index (χ3v) is 4.66. The predicted molar refractivity (Wildman–Crippen MR) is 69.5 cm³/mol. The molecule has 2 fully saturated rings. The van der Waals surface area contributed by atoms with E-state index >= 15 is 0 Å². The molecule has 3 heteroatoms. The normalized spacial score (nSPS) is 32.2. The van der Waals surface area contributed by atoms with Crippen LogP contribution in [0.4, 0.5) is 0 Å². The van der Waals surface area contributed by atoms with E-state index in [1.807, 2.05) is 4.90 Å². The Bertz CT molecular complexity index is 259. The molecule has 2 N–H and O–H groups in total. The van der Waals surface area contributed by atoms with Crippen LogP contribution in [0, 0.1) is 11.8 Å². The number of hydrogen-bond acceptors (Lipinski definition) is 2. The highest BCUT2D eigenvalue weighted by atomic mass is 16.2. The number of rotatable bonds is 1. The van der Waals surface area contributed by atoms with Crippen LogP contribution in [0.15, 0.2) is 0 Å². The van der Waals surface area contributed by atoms with Crippen LogP contribution in [-0.2, 0) is 4.79 Å². The highest BCUT2D eigenvalue weighted by Crippen LogP contribution is 2.34. The number of carbonyl (C=O) groups excluding carboxylic acids is 1. The lowest BCUT2D eigenvalue weighted by Gasteiger charge is -2.40. The van der Waals surface area contributed by atoms with Crippen molar-refractivity contribution in [3.05, 3.63) is 0 Å². The first-order chi connectivity index (χ1) is 8.18. The lowest BCUT2D eigenvalue weighted by molar-refractivity contribution is -0.130. The Morgan fingerprint density at radius 3 is 2.29 bits per heavy atom. The van der Waals surface area contributed by atoms with E-state index in [0.717, 1.165) is 25.4 Å². The van der Waals surface area contributed by atoms with Crippen molar-refractivity contribution in [1.29, 1.82) is 0 Å². The first-order valence-electron chi connectivity index (χ1n) is 7.19. The van der Waals surface area contributed by atoms with E-state index in [2.05, 4.69) is 0 Å². The number of nitrogens with zero attached hydrogens (tertiary/aromatic N) is 1. The second-order valence-electron chi connectivity index (χ2n) is 5.83. The second kappa shape index (κ2) is 5.85. The van der Waals surface area contributed by atoms with Gasteiger partial charge in [-0.15, -0.1) is 0 Å². The molecule has 98 valence electrons. The lowest BCUT2D eigenvalue weighted by Crippen LogP contribution is -2.51. The molecule has 2 unspecified atom stereocenters. The Kier molecular flexibility index (Phi) is 4.43. The zero-order valence-corrected chi connectivity index (χ0v) is 11.0. The molecule has 1 saturated heterocycles. The van der Waals surface area contributed by atoms with Crippen LogP contribution >= 0.6 is 0 Å². The monoisotopic (exact) mass is 238 g/mol. The van der Waals surface area contributed by atoms with Crippen LogP contribution in [0.3, 0.4) is 0 Å². The Labute approximate surface area is 105 Å². The van der Waals surface area contributed by atoms with Crippen LogP contribution < -0.4 is 5.73 Å². The van der Waals surface area contributed by atoms with Gasteiger partial charge in [0.25, 0.3) is 0 Å². The minimum Gasteiger partial charge on any atom is -0.341 e. The van der Waals surface area contributed by atoms with Crippen molar-refractivity contribution in [2.24, 2.45) is 17.6 Å². The SMILES string of the molecule is CC(=O)N1CCC(C2CCCCCC2)C(N)C1. The van der Waals surface area contributed by atoms with Gasteiger partial charge in [0.05, 0.1) is 0 Å². The number of nitrogens with two attached hydrogens (primary N) is 1. The van der Waals surface area contributed by atoms with Crippen LogP contribution in [0.2, 0.25) is 0 Å². The molecule has 2 aliphatic rings. The van der Waals surface area contributed by atoms with E-state index in [9.17, 15) is 4.79 Å². The average molecular weight is 238 g/mol. The van der Waals surface area contributed by atoms with Gasteiger partial charge >= 0.3 is 0 Å². The summed E-state index contributed by atoms with van der Waals surface area (Å²) in [7, 11) is 0. The van der Waals surface area contributed by atoms with E-state index in [1.54, 1.807) is 6.92 Å². The molecule has 1 aliphatic heterocycles. The summed E-state index contributed by atoms with van der Waals surface area (Å²) in [4.78, 5) is 13.3. The quantitative estimate of drug-likeness (QED) is 0.712. The maximum absolute atomic E-state index is 11.4. The van der Waals surface area contributed by atoms with Crippen molar-refractivity contribution in [2.75, 3.05) is 13.1 Å². The molecule has 0 bridgehead atoms. The van der Waals surface area contributed by atoms with Crippen LogP contribution in [0.5, 0.6) is 0 Å². The highest BCUT2D eigenvalue weighted by Gasteiger charge is 2.33. The fraction of sp³-hybridized carbons (Fsp3) is 0.929. The molecule has 0 aromatic rings. The molecular weight excluding hydrogens is 212 g/mol. The summed E-state index contributed by atoms with van der Waals surface area (Å²) in [5, 5.41) is 0. The van der Waals surface area contributed by atoms with Gasteiger partial charge in [0.2, 0.25) is 5.91 Å². The summed E-state index contributed by atoms with van der Waals surface area (Å²) < 4.78 is 0. The molecule has 0 spiro atoms. The fourth-order valence-electron chi connectivity index (χ4n) is 3.61. The Morgan fingerprint density at radius 1 is 1.12 bits per heavy atom. The molecule has 0 radical (unpaired) electrons. The average Bonchev–Trinajstić information content (AvgIpc) is 2.57. The molecule has 2 rings (SSSR count). The van der Waals surface area contributed by atoms with Gasteiger partial charge in [-0.05, 0) is 18.3 Å². The summed E-state index contributed by atoms with van der Waals surface area (Å²) in [5.74, 6) is 1.66. The van der Waals surface area contributed by atoms with Gasteiger partial charge in [-0.2, -0.15) is 0 Å². The first-order valence-corrected chi connectivity index (χ1v) is 7.19. The molecule has 0 aromatic heterocycles. The Hall–Kier alpha value is -0.570. The summed E-state index contributed by atoms with van der Waals surface area (Å²) in [6, 6.07) is 0.204. The fourth-order valence-corrected chi connectivity index (χ4v) is 3.61. The Morgan fingerprint density at radius 2 is 1.76 bits per heavy atom. The van der Waals surface area contributed by atoms with Crippen LogP contribution in [0.25, 0.3) is 0 Å². The summed E-state index contributed by atoms with van der Waals surface area (Å²) in [6.07, 6.45) is 9.40. The van der Waals surface area contributed by atoms with Gasteiger partial charge in [0.1, 0.15) is 0 Å². The van der Waals surface area contributed by atoms with E-state index < -0.39 is 0 Å². The molecule has 1 amide bonds. The van der Waals surface area contributed by atoms with Gasteiger partial charge in [0.15, 0.2) is 0 Å². The highest BCUT2D eigenvalue weighted by molar-refractivity contribution is 5.73. The zero-order valence-electron chi connectivity index (χ0n) is 11.0. The van der Waals surface area contributed by atoms with Gasteiger partial charge in [0, 0.05) is 26.1 Å². The molecule has 2 atom stereocenters. The lowest BCUT2D eigenvalue weighted by atomic mass is 9.77. The maximum atomic E-state index is 11.4. The van der Waals surface area contributed by atoms with Gasteiger partial charge < -0.3 is 10.6 Å². The van der Waals surface area contributed by atoms with Gasteiger partial charge in [-0.1, -0.05) is 38.5 Å². The standard InChI is InChI=1S/C14H26N2O/c1-11(17)16-9-8-13(14(15)10-16)12-6-4-2-3-5-7-12/h12-14H,2-10,15H2,1H3. The van der Waals surface area contributed by atoms with Crippen molar-refractivity contribution in [3.8, 4) is 0 Å². The molecule has 0 aromatic carbocycles.